The Morgan fingerprint density at radius 3 is 2.50 bits per heavy atom. The van der Waals surface area contributed by atoms with Crippen molar-refractivity contribution in [1.82, 2.24) is 9.62 Å². The second-order valence-electron chi connectivity index (χ2n) is 6.62. The Hall–Kier alpha value is -1.41. The highest BCUT2D eigenvalue weighted by Gasteiger charge is 2.24. The van der Waals surface area contributed by atoms with Gasteiger partial charge in [0.25, 0.3) is 0 Å². The average Bonchev–Trinajstić information content (AvgIpc) is 3.17. The molecule has 0 amide bonds. The number of thiophene rings is 1. The van der Waals surface area contributed by atoms with Gasteiger partial charge in [-0.05, 0) is 66.0 Å². The lowest BCUT2D eigenvalue weighted by molar-refractivity contribution is 0.165. The maximum absolute atomic E-state index is 12.6. The first-order valence-corrected chi connectivity index (χ1v) is 11.5. The molecule has 0 saturated carbocycles. The molecular weight excluding hydrogens is 368 g/mol. The summed E-state index contributed by atoms with van der Waals surface area (Å²) in [5, 5.41) is 4.18. The fourth-order valence-corrected chi connectivity index (χ4v) is 5.20. The van der Waals surface area contributed by atoms with Crippen LogP contribution < -0.4 is 9.46 Å². The number of piperidine rings is 1. The van der Waals surface area contributed by atoms with E-state index in [1.165, 1.54) is 24.8 Å². The average molecular weight is 395 g/mol. The number of sulfonamides is 1. The lowest BCUT2D eigenvalue weighted by Gasteiger charge is -2.34. The van der Waals surface area contributed by atoms with Crippen LogP contribution in [0.2, 0.25) is 0 Å². The van der Waals surface area contributed by atoms with E-state index >= 15 is 0 Å². The molecule has 1 N–H and O–H groups in total. The Labute approximate surface area is 160 Å². The minimum atomic E-state index is -3.39. The molecule has 3 rings (SSSR count). The molecule has 1 aromatic heterocycles. The van der Waals surface area contributed by atoms with E-state index in [4.69, 9.17) is 4.74 Å². The molecule has 0 radical (unpaired) electrons. The van der Waals surface area contributed by atoms with Crippen molar-refractivity contribution in [1.29, 1.82) is 0 Å². The summed E-state index contributed by atoms with van der Waals surface area (Å²) in [7, 11) is -1.80. The predicted molar refractivity (Wildman–Crippen MR) is 106 cm³/mol. The minimum absolute atomic E-state index is 0.0205. The molecule has 1 unspecified atom stereocenters. The third-order valence-corrected chi connectivity index (χ3v) is 6.79. The van der Waals surface area contributed by atoms with Gasteiger partial charge >= 0.3 is 0 Å². The van der Waals surface area contributed by atoms with Crippen LogP contribution in [0.5, 0.6) is 5.75 Å². The topological polar surface area (TPSA) is 58.6 Å². The Balaban J connectivity index is 1.64. The minimum Gasteiger partial charge on any atom is -0.497 e. The molecule has 142 valence electrons. The third-order valence-electron chi connectivity index (χ3n) is 4.77. The quantitative estimate of drug-likeness (QED) is 0.745. The highest BCUT2D eigenvalue weighted by Crippen LogP contribution is 2.26. The molecule has 1 atom stereocenters. The number of likely N-dealkylation sites (tertiary alicyclic amines) is 1. The maximum Gasteiger partial charge on any atom is 0.215 e. The smallest absolute Gasteiger partial charge is 0.215 e. The van der Waals surface area contributed by atoms with Gasteiger partial charge in [0.05, 0.1) is 12.9 Å². The van der Waals surface area contributed by atoms with Crippen LogP contribution in [-0.2, 0) is 15.8 Å². The second kappa shape index (κ2) is 8.99. The van der Waals surface area contributed by atoms with Gasteiger partial charge in [0.15, 0.2) is 0 Å². The first kappa shape index (κ1) is 19.4. The zero-order valence-electron chi connectivity index (χ0n) is 15.1. The highest BCUT2D eigenvalue weighted by atomic mass is 32.2. The molecule has 1 saturated heterocycles. The van der Waals surface area contributed by atoms with Gasteiger partial charge in [0, 0.05) is 12.6 Å². The molecule has 1 aliphatic heterocycles. The standard InChI is InChI=1S/C19H26N2O3S2/c1-24-18-7-5-16(6-8-18)15-26(22,23)20-13-19(17-9-12-25-14-17)21-10-3-2-4-11-21/h5-9,12,14,19-20H,2-4,10-11,13,15H2,1H3. The highest BCUT2D eigenvalue weighted by molar-refractivity contribution is 7.88. The Morgan fingerprint density at radius 1 is 1.15 bits per heavy atom. The maximum atomic E-state index is 12.6. The van der Waals surface area contributed by atoms with Crippen molar-refractivity contribution in [2.24, 2.45) is 0 Å². The molecule has 0 bridgehead atoms. The third kappa shape index (κ3) is 5.30. The molecule has 7 heteroatoms. The molecule has 1 fully saturated rings. The van der Waals surface area contributed by atoms with Crippen molar-refractivity contribution in [2.75, 3.05) is 26.7 Å². The van der Waals surface area contributed by atoms with E-state index in [0.29, 0.717) is 6.54 Å². The van der Waals surface area contributed by atoms with E-state index in [9.17, 15) is 8.42 Å². The number of rotatable bonds is 8. The van der Waals surface area contributed by atoms with E-state index in [-0.39, 0.29) is 11.8 Å². The van der Waals surface area contributed by atoms with Gasteiger partial charge in [-0.1, -0.05) is 18.6 Å². The van der Waals surface area contributed by atoms with Gasteiger partial charge in [-0.25, -0.2) is 13.1 Å². The number of ether oxygens (including phenoxy) is 1. The fourth-order valence-electron chi connectivity index (χ4n) is 3.35. The molecule has 5 nitrogen and oxygen atoms in total. The lowest BCUT2D eigenvalue weighted by Crippen LogP contribution is -2.40. The van der Waals surface area contributed by atoms with Gasteiger partial charge in [-0.2, -0.15) is 11.3 Å². The van der Waals surface area contributed by atoms with Crippen LogP contribution in [0.25, 0.3) is 0 Å². The van der Waals surface area contributed by atoms with Gasteiger partial charge in [-0.3, -0.25) is 4.90 Å². The van der Waals surface area contributed by atoms with Crippen molar-refractivity contribution in [2.45, 2.75) is 31.1 Å². The van der Waals surface area contributed by atoms with Crippen LogP contribution in [-0.4, -0.2) is 40.1 Å². The summed E-state index contributed by atoms with van der Waals surface area (Å²) < 4.78 is 33.0. The van der Waals surface area contributed by atoms with Crippen LogP contribution in [0, 0.1) is 0 Å². The number of hydrogen-bond donors (Lipinski definition) is 1. The van der Waals surface area contributed by atoms with Gasteiger partial charge in [-0.15, -0.1) is 0 Å². The van der Waals surface area contributed by atoms with Gasteiger partial charge < -0.3 is 4.74 Å². The van der Waals surface area contributed by atoms with Crippen molar-refractivity contribution in [3.05, 3.63) is 52.2 Å². The summed E-state index contributed by atoms with van der Waals surface area (Å²) in [6.07, 6.45) is 3.62. The summed E-state index contributed by atoms with van der Waals surface area (Å²) in [5.74, 6) is 0.703. The molecule has 0 spiro atoms. The van der Waals surface area contributed by atoms with Crippen LogP contribution in [0.3, 0.4) is 0 Å². The number of nitrogens with one attached hydrogen (secondary N) is 1. The zero-order chi connectivity index (χ0) is 18.4. The number of nitrogens with zero attached hydrogens (tertiary/aromatic N) is 1. The molecule has 1 aromatic carbocycles. The number of benzene rings is 1. The van der Waals surface area contributed by atoms with Gasteiger partial charge in [0.1, 0.15) is 5.75 Å². The summed E-state index contributed by atoms with van der Waals surface area (Å²) in [6.45, 7) is 2.47. The van der Waals surface area contributed by atoms with Crippen molar-refractivity contribution in [3.63, 3.8) is 0 Å². The first-order chi connectivity index (χ1) is 12.6. The Morgan fingerprint density at radius 2 is 1.88 bits per heavy atom. The Bertz CT molecular complexity index is 768. The van der Waals surface area contributed by atoms with E-state index in [2.05, 4.69) is 26.4 Å². The number of hydrogen-bond acceptors (Lipinski definition) is 5. The molecule has 2 heterocycles. The molecule has 2 aromatic rings. The van der Waals surface area contributed by atoms with Crippen molar-refractivity contribution in [3.8, 4) is 5.75 Å². The van der Waals surface area contributed by atoms with Crippen LogP contribution >= 0.6 is 11.3 Å². The molecular formula is C19H26N2O3S2. The van der Waals surface area contributed by atoms with Crippen molar-refractivity contribution < 1.29 is 13.2 Å². The largest absolute Gasteiger partial charge is 0.497 e. The molecule has 1 aliphatic rings. The molecule has 26 heavy (non-hydrogen) atoms. The first-order valence-electron chi connectivity index (χ1n) is 8.94. The second-order valence-corrected chi connectivity index (χ2v) is 9.21. The lowest BCUT2D eigenvalue weighted by atomic mass is 10.0. The van der Waals surface area contributed by atoms with Crippen molar-refractivity contribution >= 4 is 21.4 Å². The summed E-state index contributed by atoms with van der Waals surface area (Å²) in [5.41, 5.74) is 1.95. The fraction of sp³-hybridized carbons (Fsp3) is 0.474. The van der Waals surface area contributed by atoms with Crippen LogP contribution in [0.4, 0.5) is 0 Å². The summed E-state index contributed by atoms with van der Waals surface area (Å²) >= 11 is 1.66. The Kier molecular flexibility index (Phi) is 6.69. The van der Waals surface area contributed by atoms with Crippen LogP contribution in [0.15, 0.2) is 41.1 Å². The monoisotopic (exact) mass is 394 g/mol. The van der Waals surface area contributed by atoms with E-state index < -0.39 is 10.0 Å². The summed E-state index contributed by atoms with van der Waals surface area (Å²) in [6, 6.07) is 9.35. The van der Waals surface area contributed by atoms with E-state index in [1.54, 1.807) is 42.7 Å². The van der Waals surface area contributed by atoms with Gasteiger partial charge in [0.2, 0.25) is 10.0 Å². The normalized spacial score (nSPS) is 17.1. The van der Waals surface area contributed by atoms with E-state index in [0.717, 1.165) is 24.4 Å². The summed E-state index contributed by atoms with van der Waals surface area (Å²) in [4.78, 5) is 2.40. The van der Waals surface area contributed by atoms with E-state index in [1.807, 2.05) is 0 Å². The van der Waals surface area contributed by atoms with Crippen LogP contribution in [0.1, 0.15) is 36.4 Å². The predicted octanol–water partition coefficient (Wildman–Crippen LogP) is 3.40. The zero-order valence-corrected chi connectivity index (χ0v) is 16.7. The SMILES string of the molecule is COc1ccc(CS(=O)(=O)NCC(c2ccsc2)N2CCCCC2)cc1. The molecule has 0 aliphatic carbocycles. The number of methoxy groups -OCH3 is 1.